The molecule has 2 atom stereocenters. The summed E-state index contributed by atoms with van der Waals surface area (Å²) in [6.45, 7) is 6.54. The highest BCUT2D eigenvalue weighted by atomic mass is 32.2. The maximum Gasteiger partial charge on any atom is 0.237 e. The van der Waals surface area contributed by atoms with E-state index in [9.17, 15) is 13.2 Å². The monoisotopic (exact) mass is 465 g/mol. The van der Waals surface area contributed by atoms with Gasteiger partial charge in [0.15, 0.2) is 9.84 Å². The Morgan fingerprint density at radius 3 is 2.50 bits per heavy atom. The minimum Gasteiger partial charge on any atom is -0.492 e. The second-order valence-electron chi connectivity index (χ2n) is 9.02. The van der Waals surface area contributed by atoms with E-state index < -0.39 is 9.84 Å². The Labute approximate surface area is 191 Å². The third-order valence-electron chi connectivity index (χ3n) is 6.64. The van der Waals surface area contributed by atoms with E-state index in [1.807, 2.05) is 30.3 Å². The van der Waals surface area contributed by atoms with Crippen molar-refractivity contribution >= 4 is 15.7 Å². The Hall–Kier alpha value is -1.68. The number of rotatable bonds is 9. The van der Waals surface area contributed by atoms with Crippen LogP contribution in [0.1, 0.15) is 19.3 Å². The minimum absolute atomic E-state index is 0.0310. The van der Waals surface area contributed by atoms with Crippen molar-refractivity contribution in [3.63, 3.8) is 0 Å². The SMILES string of the molecule is O=C(CN1CCN(CCOc2ccccc2)CC1)N(CC1CCCO1)C1CCS(=O)(=O)C1. The van der Waals surface area contributed by atoms with Gasteiger partial charge in [-0.3, -0.25) is 14.6 Å². The highest BCUT2D eigenvalue weighted by molar-refractivity contribution is 7.91. The van der Waals surface area contributed by atoms with Crippen molar-refractivity contribution in [1.29, 1.82) is 0 Å². The standard InChI is InChI=1S/C23H35N3O5S/c27-23(26(17-22-7-4-14-30-22)20-8-16-32(28,29)19-20)18-25-11-9-24(10-12-25)13-15-31-21-5-2-1-3-6-21/h1-3,5-6,20,22H,4,7-19H2. The van der Waals surface area contributed by atoms with Gasteiger partial charge in [-0.1, -0.05) is 18.2 Å². The Morgan fingerprint density at radius 2 is 1.84 bits per heavy atom. The highest BCUT2D eigenvalue weighted by Gasteiger charge is 2.37. The number of hydrogen-bond acceptors (Lipinski definition) is 7. The number of carbonyl (C=O) groups is 1. The average molecular weight is 466 g/mol. The third kappa shape index (κ3) is 6.66. The highest BCUT2D eigenvalue weighted by Crippen LogP contribution is 2.22. The summed E-state index contributed by atoms with van der Waals surface area (Å²) < 4.78 is 35.6. The molecule has 0 bridgehead atoms. The van der Waals surface area contributed by atoms with E-state index in [0.717, 1.165) is 57.9 Å². The van der Waals surface area contributed by atoms with Crippen LogP contribution < -0.4 is 4.74 Å². The number of hydrogen-bond donors (Lipinski definition) is 0. The molecule has 3 fully saturated rings. The lowest BCUT2D eigenvalue weighted by Crippen LogP contribution is -2.53. The fourth-order valence-electron chi connectivity index (χ4n) is 4.75. The Balaban J connectivity index is 1.23. The molecule has 3 heterocycles. The quantitative estimate of drug-likeness (QED) is 0.536. The molecule has 4 rings (SSSR count). The summed E-state index contributed by atoms with van der Waals surface area (Å²) in [6.07, 6.45) is 2.51. The molecule has 0 saturated carbocycles. The fraction of sp³-hybridized carbons (Fsp3) is 0.696. The summed E-state index contributed by atoms with van der Waals surface area (Å²) in [5.41, 5.74) is 0. The first kappa shape index (κ1) is 23.5. The summed E-state index contributed by atoms with van der Waals surface area (Å²) in [7, 11) is -3.04. The molecule has 0 aromatic heterocycles. The van der Waals surface area contributed by atoms with E-state index in [2.05, 4.69) is 9.80 Å². The van der Waals surface area contributed by atoms with Gasteiger partial charge in [-0.15, -0.1) is 0 Å². The number of ether oxygens (including phenoxy) is 2. The maximum absolute atomic E-state index is 13.2. The number of piperazine rings is 1. The van der Waals surface area contributed by atoms with Crippen LogP contribution in [-0.4, -0.2) is 112 Å². The minimum atomic E-state index is -3.04. The molecule has 9 heteroatoms. The smallest absolute Gasteiger partial charge is 0.237 e. The second-order valence-corrected chi connectivity index (χ2v) is 11.2. The molecule has 8 nitrogen and oxygen atoms in total. The molecule has 3 saturated heterocycles. The zero-order valence-corrected chi connectivity index (χ0v) is 19.5. The molecule has 0 spiro atoms. The van der Waals surface area contributed by atoms with Crippen LogP contribution in [0.4, 0.5) is 0 Å². The molecular weight excluding hydrogens is 430 g/mol. The summed E-state index contributed by atoms with van der Waals surface area (Å²) >= 11 is 0. The lowest BCUT2D eigenvalue weighted by molar-refractivity contribution is -0.136. The average Bonchev–Trinajstić information content (AvgIpc) is 3.43. The van der Waals surface area contributed by atoms with Crippen LogP contribution in [0.3, 0.4) is 0 Å². The number of amides is 1. The van der Waals surface area contributed by atoms with Crippen LogP contribution in [0.5, 0.6) is 5.75 Å². The summed E-state index contributed by atoms with van der Waals surface area (Å²) in [5.74, 6) is 1.18. The molecule has 32 heavy (non-hydrogen) atoms. The number of sulfone groups is 1. The van der Waals surface area contributed by atoms with Crippen LogP contribution in [0.2, 0.25) is 0 Å². The van der Waals surface area contributed by atoms with Gasteiger partial charge in [-0.25, -0.2) is 8.42 Å². The molecule has 0 N–H and O–H groups in total. The molecule has 1 aromatic rings. The molecule has 3 aliphatic heterocycles. The molecule has 178 valence electrons. The van der Waals surface area contributed by atoms with Gasteiger partial charge in [0.2, 0.25) is 5.91 Å². The van der Waals surface area contributed by atoms with Crippen molar-refractivity contribution in [2.45, 2.75) is 31.4 Å². The van der Waals surface area contributed by atoms with E-state index in [0.29, 0.717) is 26.1 Å². The fourth-order valence-corrected chi connectivity index (χ4v) is 6.48. The van der Waals surface area contributed by atoms with Crippen LogP contribution >= 0.6 is 0 Å². The number of nitrogens with zero attached hydrogens (tertiary/aromatic N) is 3. The normalized spacial score (nSPS) is 26.2. The van der Waals surface area contributed by atoms with Crippen molar-refractivity contribution in [3.8, 4) is 5.75 Å². The molecule has 2 unspecified atom stereocenters. The maximum atomic E-state index is 13.2. The van der Waals surface area contributed by atoms with Crippen molar-refractivity contribution in [2.75, 3.05) is 70.5 Å². The molecular formula is C23H35N3O5S. The molecule has 0 radical (unpaired) electrons. The Bertz CT molecular complexity index is 836. The lowest BCUT2D eigenvalue weighted by atomic mass is 10.1. The summed E-state index contributed by atoms with van der Waals surface area (Å²) in [6, 6.07) is 9.61. The summed E-state index contributed by atoms with van der Waals surface area (Å²) in [4.78, 5) is 19.6. The van der Waals surface area contributed by atoms with E-state index in [4.69, 9.17) is 9.47 Å². The number of carbonyl (C=O) groups excluding carboxylic acids is 1. The first-order valence-corrected chi connectivity index (χ1v) is 13.5. The van der Waals surface area contributed by atoms with Crippen LogP contribution in [0.15, 0.2) is 30.3 Å². The van der Waals surface area contributed by atoms with Crippen molar-refractivity contribution in [2.24, 2.45) is 0 Å². The molecule has 3 aliphatic rings. The van der Waals surface area contributed by atoms with Crippen molar-refractivity contribution < 1.29 is 22.7 Å². The van der Waals surface area contributed by atoms with Gasteiger partial charge in [0.05, 0.1) is 24.2 Å². The molecule has 1 aromatic carbocycles. The lowest BCUT2D eigenvalue weighted by Gasteiger charge is -2.37. The van der Waals surface area contributed by atoms with E-state index >= 15 is 0 Å². The number of para-hydroxylation sites is 1. The molecule has 1 amide bonds. The van der Waals surface area contributed by atoms with Gasteiger partial charge in [0.25, 0.3) is 0 Å². The van der Waals surface area contributed by atoms with Crippen molar-refractivity contribution in [1.82, 2.24) is 14.7 Å². The molecule has 0 aliphatic carbocycles. The Kier molecular flexibility index (Phi) is 8.04. The van der Waals surface area contributed by atoms with E-state index in [1.54, 1.807) is 4.90 Å². The van der Waals surface area contributed by atoms with Gasteiger partial charge >= 0.3 is 0 Å². The predicted octanol–water partition coefficient (Wildman–Crippen LogP) is 0.878. The first-order valence-electron chi connectivity index (χ1n) is 11.7. The van der Waals surface area contributed by atoms with Crippen LogP contribution in [0.25, 0.3) is 0 Å². The zero-order valence-electron chi connectivity index (χ0n) is 18.7. The van der Waals surface area contributed by atoms with Crippen LogP contribution in [0, 0.1) is 0 Å². The first-order chi connectivity index (χ1) is 15.5. The van der Waals surface area contributed by atoms with Gasteiger partial charge in [-0.05, 0) is 31.4 Å². The van der Waals surface area contributed by atoms with E-state index in [1.165, 1.54) is 0 Å². The van der Waals surface area contributed by atoms with Gasteiger partial charge in [0.1, 0.15) is 12.4 Å². The Morgan fingerprint density at radius 1 is 1.09 bits per heavy atom. The van der Waals surface area contributed by atoms with Crippen LogP contribution in [-0.2, 0) is 19.4 Å². The zero-order chi connectivity index (χ0) is 22.4. The topological polar surface area (TPSA) is 79.4 Å². The van der Waals surface area contributed by atoms with Crippen molar-refractivity contribution in [3.05, 3.63) is 30.3 Å². The number of benzene rings is 1. The summed E-state index contributed by atoms with van der Waals surface area (Å²) in [5, 5.41) is 0. The third-order valence-corrected chi connectivity index (χ3v) is 8.39. The second kappa shape index (κ2) is 11.0. The van der Waals surface area contributed by atoms with Gasteiger partial charge < -0.3 is 14.4 Å². The van der Waals surface area contributed by atoms with Gasteiger partial charge in [0, 0.05) is 51.9 Å². The largest absolute Gasteiger partial charge is 0.492 e. The predicted molar refractivity (Wildman–Crippen MR) is 123 cm³/mol. The van der Waals surface area contributed by atoms with Gasteiger partial charge in [-0.2, -0.15) is 0 Å². The van der Waals surface area contributed by atoms with E-state index in [-0.39, 0.29) is 29.6 Å².